The fourth-order valence-electron chi connectivity index (χ4n) is 2.13. The number of hydrogen-bond donors (Lipinski definition) is 2. The minimum absolute atomic E-state index is 0.118. The van der Waals surface area contributed by atoms with Crippen molar-refractivity contribution in [2.45, 2.75) is 32.0 Å². The number of carbonyl (C=O) groups excluding carboxylic acids is 2. The van der Waals surface area contributed by atoms with Gasteiger partial charge in [0, 0.05) is 13.0 Å². The van der Waals surface area contributed by atoms with Crippen LogP contribution in [0.15, 0.2) is 60.7 Å². The predicted octanol–water partition coefficient (Wildman–Crippen LogP) is 2.15. The molecule has 5 heteroatoms. The fraction of sp³-hybridized carbons (Fsp3) is 0.263. The van der Waals surface area contributed by atoms with Crippen molar-refractivity contribution < 1.29 is 14.3 Å². The van der Waals surface area contributed by atoms with E-state index in [1.165, 1.54) is 0 Å². The number of carbonyl (C=O) groups is 2. The molecule has 24 heavy (non-hydrogen) atoms. The molecule has 5 nitrogen and oxygen atoms in total. The summed E-state index contributed by atoms with van der Waals surface area (Å²) in [6.45, 7) is 0.654. The Morgan fingerprint density at radius 1 is 0.958 bits per heavy atom. The van der Waals surface area contributed by atoms with Gasteiger partial charge < -0.3 is 15.8 Å². The third-order valence-electron chi connectivity index (χ3n) is 3.55. The van der Waals surface area contributed by atoms with E-state index >= 15 is 0 Å². The Labute approximate surface area is 141 Å². The number of esters is 1. The lowest BCUT2D eigenvalue weighted by molar-refractivity contribution is -0.145. The molecule has 0 bridgehead atoms. The summed E-state index contributed by atoms with van der Waals surface area (Å²) >= 11 is 0. The molecule has 0 unspecified atom stereocenters. The number of hydrogen-bond acceptors (Lipinski definition) is 4. The van der Waals surface area contributed by atoms with Gasteiger partial charge in [-0.2, -0.15) is 0 Å². The highest BCUT2D eigenvalue weighted by Gasteiger charge is 2.15. The van der Waals surface area contributed by atoms with E-state index in [0.717, 1.165) is 11.1 Å². The summed E-state index contributed by atoms with van der Waals surface area (Å²) in [5.41, 5.74) is 7.74. The first-order chi connectivity index (χ1) is 11.6. The Morgan fingerprint density at radius 2 is 1.54 bits per heavy atom. The third kappa shape index (κ3) is 6.22. The van der Waals surface area contributed by atoms with Crippen molar-refractivity contribution in [3.8, 4) is 0 Å². The summed E-state index contributed by atoms with van der Waals surface area (Å²) in [6.07, 6.45) is 0.376. The number of ether oxygens (including phenoxy) is 1. The van der Waals surface area contributed by atoms with Gasteiger partial charge in [0.05, 0.1) is 6.04 Å². The largest absolute Gasteiger partial charge is 0.461 e. The van der Waals surface area contributed by atoms with Crippen molar-refractivity contribution in [1.82, 2.24) is 5.32 Å². The molecule has 0 radical (unpaired) electrons. The average molecular weight is 326 g/mol. The van der Waals surface area contributed by atoms with Crippen molar-refractivity contribution in [1.29, 1.82) is 0 Å². The molecule has 2 aromatic rings. The van der Waals surface area contributed by atoms with Gasteiger partial charge >= 0.3 is 5.97 Å². The molecule has 2 aromatic carbocycles. The van der Waals surface area contributed by atoms with E-state index < -0.39 is 6.04 Å². The highest BCUT2D eigenvalue weighted by atomic mass is 16.5. The average Bonchev–Trinajstić information content (AvgIpc) is 2.64. The van der Waals surface area contributed by atoms with E-state index in [1.807, 2.05) is 60.7 Å². The summed E-state index contributed by atoms with van der Waals surface area (Å²) in [4.78, 5) is 23.6. The first-order valence-electron chi connectivity index (χ1n) is 7.92. The first kappa shape index (κ1) is 17.7. The summed E-state index contributed by atoms with van der Waals surface area (Å²) < 4.78 is 5.16. The number of nitrogens with two attached hydrogens (primary N) is 1. The molecule has 0 aromatic heterocycles. The van der Waals surface area contributed by atoms with Crippen LogP contribution in [-0.4, -0.2) is 17.9 Å². The van der Waals surface area contributed by atoms with E-state index in [1.54, 1.807) is 0 Å². The maximum atomic E-state index is 11.9. The molecule has 126 valence electrons. The third-order valence-corrected chi connectivity index (χ3v) is 3.55. The van der Waals surface area contributed by atoms with Crippen molar-refractivity contribution in [2.75, 3.05) is 0 Å². The van der Waals surface area contributed by atoms with Gasteiger partial charge in [-0.15, -0.1) is 0 Å². The van der Waals surface area contributed by atoms with E-state index in [4.69, 9.17) is 10.5 Å². The second kappa shape index (κ2) is 9.47. The van der Waals surface area contributed by atoms with E-state index in [-0.39, 0.29) is 31.3 Å². The Balaban J connectivity index is 1.65. The van der Waals surface area contributed by atoms with Crippen LogP contribution in [0.1, 0.15) is 24.0 Å². The molecular formula is C19H22N2O3. The molecule has 0 fully saturated rings. The topological polar surface area (TPSA) is 81.4 Å². The summed E-state index contributed by atoms with van der Waals surface area (Å²) in [7, 11) is 0. The lowest BCUT2D eigenvalue weighted by Crippen LogP contribution is -2.40. The normalized spacial score (nSPS) is 11.5. The lowest BCUT2D eigenvalue weighted by atomic mass is 10.1. The Morgan fingerprint density at radius 3 is 2.17 bits per heavy atom. The van der Waals surface area contributed by atoms with E-state index in [2.05, 4.69) is 5.32 Å². The smallest absolute Gasteiger partial charge is 0.306 e. The van der Waals surface area contributed by atoms with Crippen molar-refractivity contribution >= 4 is 11.9 Å². The van der Waals surface area contributed by atoms with Crippen LogP contribution in [0, 0.1) is 0 Å². The highest BCUT2D eigenvalue weighted by molar-refractivity contribution is 5.82. The maximum Gasteiger partial charge on any atom is 0.306 e. The van der Waals surface area contributed by atoms with Gasteiger partial charge in [-0.1, -0.05) is 60.7 Å². The predicted molar refractivity (Wildman–Crippen MR) is 91.7 cm³/mol. The molecule has 0 aliphatic heterocycles. The zero-order valence-corrected chi connectivity index (χ0v) is 13.5. The van der Waals surface area contributed by atoms with Crippen molar-refractivity contribution in [2.24, 2.45) is 5.73 Å². The van der Waals surface area contributed by atoms with Crippen LogP contribution >= 0.6 is 0 Å². The van der Waals surface area contributed by atoms with Crippen LogP contribution in [0.25, 0.3) is 0 Å². The van der Waals surface area contributed by atoms with Gasteiger partial charge in [0.15, 0.2) is 0 Å². The molecule has 3 N–H and O–H groups in total. The van der Waals surface area contributed by atoms with E-state index in [9.17, 15) is 9.59 Å². The van der Waals surface area contributed by atoms with Crippen molar-refractivity contribution in [3.05, 3.63) is 71.8 Å². The summed E-state index contributed by atoms with van der Waals surface area (Å²) in [5, 5.41) is 2.76. The molecule has 0 aliphatic rings. The van der Waals surface area contributed by atoms with Crippen LogP contribution in [-0.2, 0) is 27.5 Å². The van der Waals surface area contributed by atoms with Gasteiger partial charge in [0.1, 0.15) is 6.61 Å². The molecule has 1 atom stereocenters. The monoisotopic (exact) mass is 326 g/mol. The van der Waals surface area contributed by atoms with Crippen molar-refractivity contribution in [3.63, 3.8) is 0 Å². The fourth-order valence-corrected chi connectivity index (χ4v) is 2.13. The number of amides is 1. The molecule has 0 heterocycles. The molecule has 0 saturated heterocycles. The minimum atomic E-state index is -0.724. The van der Waals surface area contributed by atoms with Gasteiger partial charge in [-0.25, -0.2) is 0 Å². The minimum Gasteiger partial charge on any atom is -0.461 e. The first-order valence-corrected chi connectivity index (χ1v) is 7.92. The van der Waals surface area contributed by atoms with Gasteiger partial charge in [-0.05, 0) is 17.5 Å². The second-order valence-corrected chi connectivity index (χ2v) is 5.49. The molecular weight excluding hydrogens is 304 g/mol. The maximum absolute atomic E-state index is 11.9. The van der Waals surface area contributed by atoms with Gasteiger partial charge in [-0.3, -0.25) is 9.59 Å². The SMILES string of the molecule is N[C@@H](CCC(=O)OCc1ccccc1)C(=O)NCc1ccccc1. The van der Waals surface area contributed by atoms with Gasteiger partial charge in [0.2, 0.25) is 5.91 Å². The van der Waals surface area contributed by atoms with E-state index in [0.29, 0.717) is 6.54 Å². The van der Waals surface area contributed by atoms with Crippen LogP contribution in [0.3, 0.4) is 0 Å². The summed E-state index contributed by atoms with van der Waals surface area (Å²) in [5.74, 6) is -0.625. The Hall–Kier alpha value is -2.66. The highest BCUT2D eigenvalue weighted by Crippen LogP contribution is 2.04. The standard InChI is InChI=1S/C19H22N2O3/c20-17(19(23)21-13-15-7-3-1-4-8-15)11-12-18(22)24-14-16-9-5-2-6-10-16/h1-10,17H,11-14,20H2,(H,21,23)/t17-/m0/s1. The number of nitrogens with one attached hydrogen (secondary N) is 1. The van der Waals surface area contributed by atoms with Crippen LogP contribution < -0.4 is 11.1 Å². The Kier molecular flexibility index (Phi) is 6.98. The van der Waals surface area contributed by atoms with Gasteiger partial charge in [0.25, 0.3) is 0 Å². The molecule has 0 aliphatic carbocycles. The quantitative estimate of drug-likeness (QED) is 0.728. The number of rotatable bonds is 8. The molecule has 2 rings (SSSR count). The van der Waals surface area contributed by atoms with Crippen LogP contribution in [0.4, 0.5) is 0 Å². The lowest BCUT2D eigenvalue weighted by Gasteiger charge is -2.12. The molecule has 0 saturated carbocycles. The zero-order valence-electron chi connectivity index (χ0n) is 13.5. The van der Waals surface area contributed by atoms with Crippen LogP contribution in [0.2, 0.25) is 0 Å². The molecule has 1 amide bonds. The zero-order chi connectivity index (χ0) is 17.2. The summed E-state index contributed by atoms with van der Waals surface area (Å²) in [6, 6.07) is 18.3. The second-order valence-electron chi connectivity index (χ2n) is 5.49. The van der Waals surface area contributed by atoms with Crippen LogP contribution in [0.5, 0.6) is 0 Å². The molecule has 0 spiro atoms. The Bertz CT molecular complexity index is 644. The number of benzene rings is 2.